The van der Waals surface area contributed by atoms with E-state index in [-0.39, 0.29) is 18.2 Å². The lowest BCUT2D eigenvalue weighted by atomic mass is 10.1. The lowest BCUT2D eigenvalue weighted by molar-refractivity contribution is 0.0519. The molecule has 4 rings (SSSR count). The zero-order valence-electron chi connectivity index (χ0n) is 14.7. The average molecular weight is 385 g/mol. The Labute approximate surface area is 162 Å². The van der Waals surface area contributed by atoms with Gasteiger partial charge in [0.2, 0.25) is 0 Å². The van der Waals surface area contributed by atoms with Crippen LogP contribution in [0.1, 0.15) is 23.0 Å². The molecule has 6 heteroatoms. The molecule has 0 amide bonds. The molecule has 4 aromatic rings. The van der Waals surface area contributed by atoms with Crippen molar-refractivity contribution in [3.63, 3.8) is 0 Å². The first-order valence-corrected chi connectivity index (χ1v) is 8.46. The van der Waals surface area contributed by atoms with Gasteiger partial charge in [-0.15, -0.1) is 12.4 Å². The van der Waals surface area contributed by atoms with Crippen LogP contribution in [-0.2, 0) is 11.3 Å². The highest BCUT2D eigenvalue weighted by atomic mass is 35.5. The molecule has 0 atom stereocenters. The summed E-state index contributed by atoms with van der Waals surface area (Å²) in [7, 11) is 0. The van der Waals surface area contributed by atoms with E-state index in [1.54, 1.807) is 31.3 Å². The Balaban J connectivity index is 0.00000210. The van der Waals surface area contributed by atoms with Crippen molar-refractivity contribution >= 4 is 40.2 Å². The maximum Gasteiger partial charge on any atom is 0.356 e. The van der Waals surface area contributed by atoms with Gasteiger partial charge in [0.15, 0.2) is 0 Å². The Bertz CT molecular complexity index is 1110. The number of rotatable bonds is 4. The van der Waals surface area contributed by atoms with E-state index >= 15 is 0 Å². The maximum absolute atomic E-state index is 13.2. The van der Waals surface area contributed by atoms with E-state index in [2.05, 4.69) is 9.55 Å². The molecule has 2 aromatic carbocycles. The van der Waals surface area contributed by atoms with Crippen molar-refractivity contribution in [1.29, 1.82) is 0 Å². The molecule has 0 aliphatic carbocycles. The summed E-state index contributed by atoms with van der Waals surface area (Å²) in [6, 6.07) is 16.2. The Hall–Kier alpha value is -2.92. The molecule has 2 heterocycles. The molecule has 0 aliphatic rings. The van der Waals surface area contributed by atoms with Crippen LogP contribution in [0.2, 0.25) is 0 Å². The summed E-state index contributed by atoms with van der Waals surface area (Å²) >= 11 is 0. The predicted octanol–water partition coefficient (Wildman–Crippen LogP) is 4.98. The van der Waals surface area contributed by atoms with Gasteiger partial charge in [-0.2, -0.15) is 0 Å². The zero-order valence-corrected chi connectivity index (χ0v) is 15.5. The highest BCUT2D eigenvalue weighted by Gasteiger charge is 2.15. The van der Waals surface area contributed by atoms with Crippen LogP contribution in [0, 0.1) is 5.82 Å². The van der Waals surface area contributed by atoms with Crippen molar-refractivity contribution in [1.82, 2.24) is 9.55 Å². The summed E-state index contributed by atoms with van der Waals surface area (Å²) in [5.41, 5.74) is 3.24. The minimum atomic E-state index is -0.426. The summed E-state index contributed by atoms with van der Waals surface area (Å²) in [5, 5.41) is 1.98. The fourth-order valence-corrected chi connectivity index (χ4v) is 3.20. The fourth-order valence-electron chi connectivity index (χ4n) is 3.20. The van der Waals surface area contributed by atoms with Gasteiger partial charge >= 0.3 is 5.97 Å². The Morgan fingerprint density at radius 2 is 1.81 bits per heavy atom. The molecule has 0 saturated carbocycles. The Kier molecular flexibility index (Phi) is 5.42. The molecule has 4 nitrogen and oxygen atoms in total. The number of hydrogen-bond donors (Lipinski definition) is 0. The largest absolute Gasteiger partial charge is 0.461 e. The number of nitrogens with zero attached hydrogens (tertiary/aromatic N) is 2. The molecule has 0 unspecified atom stereocenters. The highest BCUT2D eigenvalue weighted by molar-refractivity contribution is 6.09. The van der Waals surface area contributed by atoms with E-state index in [4.69, 9.17) is 4.74 Å². The number of hydrogen-bond acceptors (Lipinski definition) is 3. The van der Waals surface area contributed by atoms with Gasteiger partial charge in [0, 0.05) is 22.8 Å². The van der Waals surface area contributed by atoms with E-state index < -0.39 is 5.97 Å². The van der Waals surface area contributed by atoms with E-state index in [9.17, 15) is 9.18 Å². The van der Waals surface area contributed by atoms with Crippen molar-refractivity contribution in [2.24, 2.45) is 0 Å². The van der Waals surface area contributed by atoms with E-state index in [1.807, 2.05) is 24.3 Å². The molecule has 0 aliphatic heterocycles. The molecular formula is C21H18ClFN2O2. The Morgan fingerprint density at radius 3 is 2.56 bits per heavy atom. The molecule has 2 aromatic heterocycles. The van der Waals surface area contributed by atoms with Gasteiger partial charge in [-0.3, -0.25) is 0 Å². The number of esters is 1. The second-order valence-electron chi connectivity index (χ2n) is 6.04. The molecule has 0 radical (unpaired) electrons. The molecule has 138 valence electrons. The number of carbonyl (C=O) groups excluding carboxylic acids is 1. The van der Waals surface area contributed by atoms with E-state index in [0.717, 1.165) is 27.4 Å². The van der Waals surface area contributed by atoms with Gasteiger partial charge in [0.1, 0.15) is 11.5 Å². The highest BCUT2D eigenvalue weighted by Crippen LogP contribution is 2.30. The maximum atomic E-state index is 13.2. The number of fused-ring (bicyclic) bond motifs is 3. The quantitative estimate of drug-likeness (QED) is 0.466. The lowest BCUT2D eigenvalue weighted by Gasteiger charge is -2.08. The van der Waals surface area contributed by atoms with Crippen LogP contribution in [-0.4, -0.2) is 22.1 Å². The zero-order chi connectivity index (χ0) is 18.1. The van der Waals surface area contributed by atoms with Gasteiger partial charge in [-0.05, 0) is 36.8 Å². The van der Waals surface area contributed by atoms with Crippen LogP contribution in [0.15, 0.2) is 60.8 Å². The SMILES string of the molecule is CCOC(=O)c1cc2c3ccccc3n(Cc3ccc(F)cc3)c2cn1.Cl. The minimum Gasteiger partial charge on any atom is -0.461 e. The minimum absolute atomic E-state index is 0. The first kappa shape index (κ1) is 18.9. The third-order valence-electron chi connectivity index (χ3n) is 4.40. The molecule has 0 saturated heterocycles. The van der Waals surface area contributed by atoms with Crippen LogP contribution in [0.3, 0.4) is 0 Å². The predicted molar refractivity (Wildman–Crippen MR) is 106 cm³/mol. The number of halogens is 2. The standard InChI is InChI=1S/C21H17FN2O2.ClH/c1-2-26-21(25)18-11-17-16-5-3-4-6-19(16)24(20(17)12-23-18)13-14-7-9-15(22)10-8-14;/h3-12H,2,13H2,1H3;1H. The van der Waals surface area contributed by atoms with Gasteiger partial charge in [-0.25, -0.2) is 14.2 Å². The summed E-state index contributed by atoms with van der Waals surface area (Å²) in [6.07, 6.45) is 1.70. The van der Waals surface area contributed by atoms with Crippen molar-refractivity contribution in [3.8, 4) is 0 Å². The van der Waals surface area contributed by atoms with Gasteiger partial charge in [0.05, 0.1) is 18.3 Å². The van der Waals surface area contributed by atoms with Crippen LogP contribution in [0.25, 0.3) is 21.8 Å². The number of aromatic nitrogens is 2. The number of carbonyl (C=O) groups is 1. The summed E-state index contributed by atoms with van der Waals surface area (Å²) in [4.78, 5) is 16.3. The number of benzene rings is 2. The van der Waals surface area contributed by atoms with Crippen LogP contribution in [0.4, 0.5) is 4.39 Å². The van der Waals surface area contributed by atoms with Crippen LogP contribution in [0.5, 0.6) is 0 Å². The van der Waals surface area contributed by atoms with E-state index in [0.29, 0.717) is 18.8 Å². The molecular weight excluding hydrogens is 367 g/mol. The molecule has 0 fully saturated rings. The summed E-state index contributed by atoms with van der Waals surface area (Å²) in [6.45, 7) is 2.67. The summed E-state index contributed by atoms with van der Waals surface area (Å²) < 4.78 is 20.4. The molecule has 0 spiro atoms. The first-order valence-electron chi connectivity index (χ1n) is 8.46. The lowest BCUT2D eigenvalue weighted by Crippen LogP contribution is -2.07. The third-order valence-corrected chi connectivity index (χ3v) is 4.40. The molecule has 27 heavy (non-hydrogen) atoms. The molecule has 0 N–H and O–H groups in total. The second-order valence-corrected chi connectivity index (χ2v) is 6.04. The van der Waals surface area contributed by atoms with Crippen LogP contribution < -0.4 is 0 Å². The topological polar surface area (TPSA) is 44.1 Å². The normalized spacial score (nSPS) is 10.7. The van der Waals surface area contributed by atoms with Gasteiger partial charge in [-0.1, -0.05) is 30.3 Å². The molecule has 0 bridgehead atoms. The third kappa shape index (κ3) is 3.51. The second kappa shape index (κ2) is 7.76. The monoisotopic (exact) mass is 384 g/mol. The van der Waals surface area contributed by atoms with Crippen molar-refractivity contribution in [2.75, 3.05) is 6.61 Å². The van der Waals surface area contributed by atoms with Crippen molar-refractivity contribution < 1.29 is 13.9 Å². The number of pyridine rings is 1. The van der Waals surface area contributed by atoms with Crippen LogP contribution >= 0.6 is 12.4 Å². The van der Waals surface area contributed by atoms with Crippen molar-refractivity contribution in [3.05, 3.63) is 77.9 Å². The number of para-hydroxylation sites is 1. The van der Waals surface area contributed by atoms with E-state index in [1.165, 1.54) is 12.1 Å². The van der Waals surface area contributed by atoms with Gasteiger partial charge < -0.3 is 9.30 Å². The first-order chi connectivity index (χ1) is 12.7. The average Bonchev–Trinajstić information content (AvgIpc) is 2.97. The Morgan fingerprint density at radius 1 is 1.07 bits per heavy atom. The summed E-state index contributed by atoms with van der Waals surface area (Å²) in [5.74, 6) is -0.679. The smallest absolute Gasteiger partial charge is 0.356 e. The van der Waals surface area contributed by atoms with Gasteiger partial charge in [0.25, 0.3) is 0 Å². The van der Waals surface area contributed by atoms with Crippen molar-refractivity contribution in [2.45, 2.75) is 13.5 Å². The fraction of sp³-hybridized carbons (Fsp3) is 0.143. The number of ether oxygens (including phenoxy) is 1.